The molecule has 1 N–H and O–H groups in total. The summed E-state index contributed by atoms with van der Waals surface area (Å²) < 4.78 is 0. The fraction of sp³-hybridized carbons (Fsp3) is 0.222. The van der Waals surface area contributed by atoms with Gasteiger partial charge in [-0.05, 0) is 59.7 Å². The average Bonchev–Trinajstić information content (AvgIpc) is 3.36. The number of allylic oxidation sites excluding steroid dienone is 2. The van der Waals surface area contributed by atoms with Gasteiger partial charge in [-0.2, -0.15) is 0 Å². The number of hydrogen-bond acceptors (Lipinski definition) is 4. The van der Waals surface area contributed by atoms with Gasteiger partial charge in [0.15, 0.2) is 5.78 Å². The zero-order valence-electron chi connectivity index (χ0n) is 24.4. The van der Waals surface area contributed by atoms with E-state index in [1.807, 2.05) is 12.1 Å². The van der Waals surface area contributed by atoms with Crippen molar-refractivity contribution in [3.05, 3.63) is 114 Å². The summed E-state index contributed by atoms with van der Waals surface area (Å²) in [7, 11) is 0. The number of ketones is 1. The number of benzene rings is 3. The number of thiophene rings is 1. The maximum atomic E-state index is 10.0. The van der Waals surface area contributed by atoms with E-state index in [4.69, 9.17) is 10.1 Å². The van der Waals surface area contributed by atoms with Crippen LogP contribution >= 0.6 is 11.3 Å². The molecule has 0 atom stereocenters. The first-order valence-corrected chi connectivity index (χ1v) is 14.4. The Balaban J connectivity index is 0.000000516. The number of pyridine rings is 1. The molecule has 0 saturated heterocycles. The van der Waals surface area contributed by atoms with Gasteiger partial charge in [0.1, 0.15) is 4.83 Å². The van der Waals surface area contributed by atoms with E-state index >= 15 is 0 Å². The van der Waals surface area contributed by atoms with Crippen LogP contribution < -0.4 is 0 Å². The molecule has 0 aliphatic heterocycles. The van der Waals surface area contributed by atoms with Crippen LogP contribution in [0.15, 0.2) is 96.8 Å². The van der Waals surface area contributed by atoms with Gasteiger partial charge in [0.25, 0.3) is 0 Å². The summed E-state index contributed by atoms with van der Waals surface area (Å²) >= 11 is 1.80. The van der Waals surface area contributed by atoms with Gasteiger partial charge < -0.3 is 5.11 Å². The quantitative estimate of drug-likeness (QED) is 0.107. The molecule has 2 heterocycles. The molecule has 3 aromatic carbocycles. The number of rotatable bonds is 6. The predicted octanol–water partition coefficient (Wildman–Crippen LogP) is 10.4. The van der Waals surface area contributed by atoms with Crippen molar-refractivity contribution in [2.45, 2.75) is 53.4 Å². The molecule has 5 aromatic rings. The standard InChI is InChI=1S/C31H28NS.C5H8O2.Ir/c1-20(2)26-14-9-15-27(21(3)4)30(26)29-19-25-16-17-28(32-31(25)33-29)24-13-8-12-23(18-24)22-10-6-5-7-11-22;1-4(6)3-5(2)7;/h5-12,14-21H,1-4H3;3,6H,1-2H3;/q-1;;/b;4-3-;. The Kier molecular flexibility index (Phi) is 11.4. The van der Waals surface area contributed by atoms with Crippen molar-refractivity contribution in [2.24, 2.45) is 0 Å². The molecule has 5 rings (SSSR count). The first-order valence-electron chi connectivity index (χ1n) is 13.6. The topological polar surface area (TPSA) is 50.2 Å². The predicted molar refractivity (Wildman–Crippen MR) is 170 cm³/mol. The smallest absolute Gasteiger partial charge is 0.155 e. The molecule has 213 valence electrons. The fourth-order valence-corrected chi connectivity index (χ4v) is 5.87. The minimum Gasteiger partial charge on any atom is -0.512 e. The molecule has 0 bridgehead atoms. The number of carbonyl (C=O) groups excluding carboxylic acids is 1. The summed E-state index contributed by atoms with van der Waals surface area (Å²) in [6, 6.07) is 33.5. The zero-order valence-corrected chi connectivity index (χ0v) is 27.6. The molecule has 3 nitrogen and oxygen atoms in total. The van der Waals surface area contributed by atoms with Gasteiger partial charge in [-0.15, -0.1) is 46.7 Å². The summed E-state index contributed by atoms with van der Waals surface area (Å²) in [6.45, 7) is 12.0. The monoisotopic (exact) mass is 739 g/mol. The molecule has 1 radical (unpaired) electrons. The van der Waals surface area contributed by atoms with E-state index < -0.39 is 0 Å². The van der Waals surface area contributed by atoms with E-state index in [0.29, 0.717) is 11.8 Å². The van der Waals surface area contributed by atoms with Gasteiger partial charge in [-0.1, -0.05) is 88.4 Å². The van der Waals surface area contributed by atoms with Crippen molar-refractivity contribution in [1.29, 1.82) is 0 Å². The third-order valence-electron chi connectivity index (χ3n) is 6.60. The zero-order chi connectivity index (χ0) is 28.8. The molecule has 0 saturated carbocycles. The first-order chi connectivity index (χ1) is 19.1. The molecule has 2 aromatic heterocycles. The Bertz CT molecular complexity index is 1620. The van der Waals surface area contributed by atoms with Crippen molar-refractivity contribution in [3.63, 3.8) is 0 Å². The van der Waals surface area contributed by atoms with Crippen molar-refractivity contribution in [3.8, 4) is 32.8 Å². The van der Waals surface area contributed by atoms with Gasteiger partial charge in [0.05, 0.1) is 5.76 Å². The third-order valence-corrected chi connectivity index (χ3v) is 7.66. The third kappa shape index (κ3) is 8.10. The van der Waals surface area contributed by atoms with Crippen LogP contribution in [0.3, 0.4) is 0 Å². The summed E-state index contributed by atoms with van der Waals surface area (Å²) in [5.74, 6) is 0.887. The molecule has 0 amide bonds. The van der Waals surface area contributed by atoms with E-state index in [9.17, 15) is 4.79 Å². The summed E-state index contributed by atoms with van der Waals surface area (Å²) in [4.78, 5) is 17.5. The van der Waals surface area contributed by atoms with Gasteiger partial charge in [0, 0.05) is 36.4 Å². The molecule has 0 unspecified atom stereocenters. The summed E-state index contributed by atoms with van der Waals surface area (Å²) in [5.41, 5.74) is 8.61. The first kappa shape index (κ1) is 32.1. The Morgan fingerprint density at radius 3 is 2.07 bits per heavy atom. The largest absolute Gasteiger partial charge is 0.512 e. The van der Waals surface area contributed by atoms with Crippen molar-refractivity contribution in [1.82, 2.24) is 4.98 Å². The molecule has 41 heavy (non-hydrogen) atoms. The molecule has 0 aliphatic carbocycles. The van der Waals surface area contributed by atoms with Crippen LogP contribution in [0.2, 0.25) is 0 Å². The number of carbonyl (C=O) groups is 1. The summed E-state index contributed by atoms with van der Waals surface area (Å²) in [6.07, 6.45) is 1.17. The number of hydrogen-bond donors (Lipinski definition) is 1. The van der Waals surface area contributed by atoms with E-state index in [0.717, 1.165) is 16.1 Å². The minimum atomic E-state index is -0.125. The van der Waals surface area contributed by atoms with Gasteiger partial charge in [-0.25, -0.2) is 0 Å². The fourth-order valence-electron chi connectivity index (χ4n) is 4.75. The number of aromatic nitrogens is 1. The van der Waals surface area contributed by atoms with Gasteiger partial charge in [-0.3, -0.25) is 9.78 Å². The number of fused-ring (bicyclic) bond motifs is 1. The Labute approximate surface area is 261 Å². The second-order valence-corrected chi connectivity index (χ2v) is 11.6. The SMILES string of the molecule is CC(=O)/C=C(/C)O.CC(C)c1cccc(C(C)C)c1-c1cc2ccc(-c3[c-]ccc(-c4ccccc4)c3)nc2s1.[Ir]. The van der Waals surface area contributed by atoms with Crippen LogP contribution in [-0.2, 0) is 24.9 Å². The second-order valence-electron chi connectivity index (χ2n) is 10.6. The maximum Gasteiger partial charge on any atom is 0.155 e. The van der Waals surface area contributed by atoms with E-state index in [-0.39, 0.29) is 31.6 Å². The summed E-state index contributed by atoms with van der Waals surface area (Å²) in [5, 5.41) is 9.56. The van der Waals surface area contributed by atoms with Crippen LogP contribution in [0.4, 0.5) is 0 Å². The molecular formula is C36H36IrNO2S-. The number of nitrogens with zero attached hydrogens (tertiary/aromatic N) is 1. The van der Waals surface area contributed by atoms with Crippen LogP contribution in [0.25, 0.3) is 43.0 Å². The Morgan fingerprint density at radius 1 is 0.854 bits per heavy atom. The normalized spacial score (nSPS) is 11.3. The van der Waals surface area contributed by atoms with Crippen LogP contribution in [-0.4, -0.2) is 15.9 Å². The average molecular weight is 739 g/mol. The van der Waals surface area contributed by atoms with Crippen LogP contribution in [0.5, 0.6) is 0 Å². The molecule has 0 fully saturated rings. The minimum absolute atomic E-state index is 0. The Hall–Kier alpha value is -3.37. The van der Waals surface area contributed by atoms with Gasteiger partial charge >= 0.3 is 0 Å². The van der Waals surface area contributed by atoms with E-state index in [1.165, 1.54) is 58.0 Å². The molecule has 0 aliphatic rings. The van der Waals surface area contributed by atoms with E-state index in [1.54, 1.807) is 11.3 Å². The van der Waals surface area contributed by atoms with Crippen LogP contribution in [0, 0.1) is 6.07 Å². The number of aliphatic hydroxyl groups is 1. The molecular weight excluding hydrogens is 703 g/mol. The van der Waals surface area contributed by atoms with Crippen LogP contribution in [0.1, 0.15) is 64.5 Å². The Morgan fingerprint density at radius 2 is 1.51 bits per heavy atom. The van der Waals surface area contributed by atoms with Crippen molar-refractivity contribution >= 4 is 27.3 Å². The van der Waals surface area contributed by atoms with Crippen molar-refractivity contribution < 1.29 is 30.0 Å². The van der Waals surface area contributed by atoms with Crippen molar-refractivity contribution in [2.75, 3.05) is 0 Å². The van der Waals surface area contributed by atoms with E-state index in [2.05, 4.69) is 107 Å². The van der Waals surface area contributed by atoms with Gasteiger partial charge in [0.2, 0.25) is 0 Å². The maximum absolute atomic E-state index is 10.0. The molecule has 5 heteroatoms. The molecule has 0 spiro atoms. The number of aliphatic hydroxyl groups excluding tert-OH is 1. The second kappa shape index (κ2) is 14.5.